The monoisotopic (exact) mass is 403 g/mol. The van der Waals surface area contributed by atoms with Gasteiger partial charge in [-0.2, -0.15) is 5.10 Å². The SMILES string of the molecule is O=C(NCc1ccccc1Cn1cccn1)c1occc1CSc1ccccc1. The zero-order valence-electron chi connectivity index (χ0n) is 15.8. The molecule has 146 valence electrons. The molecule has 2 aromatic heterocycles. The number of amides is 1. The van der Waals surface area contributed by atoms with Crippen molar-refractivity contribution < 1.29 is 9.21 Å². The molecule has 5 nitrogen and oxygen atoms in total. The molecule has 2 heterocycles. The first kappa shape index (κ1) is 19.1. The summed E-state index contributed by atoms with van der Waals surface area (Å²) >= 11 is 1.68. The van der Waals surface area contributed by atoms with Crippen molar-refractivity contribution in [2.75, 3.05) is 0 Å². The highest BCUT2D eigenvalue weighted by Crippen LogP contribution is 2.25. The second-order valence-electron chi connectivity index (χ2n) is 6.53. The fourth-order valence-corrected chi connectivity index (χ4v) is 3.93. The van der Waals surface area contributed by atoms with E-state index in [1.54, 1.807) is 24.2 Å². The summed E-state index contributed by atoms with van der Waals surface area (Å²) in [6.07, 6.45) is 5.26. The quantitative estimate of drug-likeness (QED) is 0.432. The molecule has 4 rings (SSSR count). The van der Waals surface area contributed by atoms with E-state index in [1.807, 2.05) is 59.4 Å². The van der Waals surface area contributed by atoms with Gasteiger partial charge in [0.05, 0.1) is 12.8 Å². The van der Waals surface area contributed by atoms with E-state index in [2.05, 4.69) is 28.6 Å². The molecule has 0 saturated heterocycles. The number of furan rings is 1. The highest BCUT2D eigenvalue weighted by Gasteiger charge is 2.16. The maximum Gasteiger partial charge on any atom is 0.287 e. The van der Waals surface area contributed by atoms with Gasteiger partial charge in [0.15, 0.2) is 5.76 Å². The van der Waals surface area contributed by atoms with Crippen LogP contribution >= 0.6 is 11.8 Å². The molecule has 0 aliphatic carbocycles. The summed E-state index contributed by atoms with van der Waals surface area (Å²) in [5.74, 6) is 0.852. The zero-order valence-corrected chi connectivity index (χ0v) is 16.6. The lowest BCUT2D eigenvalue weighted by Gasteiger charge is -2.11. The van der Waals surface area contributed by atoms with Crippen LogP contribution in [-0.2, 0) is 18.8 Å². The molecular weight excluding hydrogens is 382 g/mol. The predicted octanol–water partition coefficient (Wildman–Crippen LogP) is 4.75. The standard InChI is InChI=1S/C23H21N3O2S/c27-23(22-20(11-14-28-22)17-29-21-9-2-1-3-10-21)24-15-18-7-4-5-8-19(18)16-26-13-6-12-25-26/h1-14H,15-17H2,(H,24,27). The summed E-state index contributed by atoms with van der Waals surface area (Å²) in [5, 5.41) is 7.25. The van der Waals surface area contributed by atoms with Crippen molar-refractivity contribution in [3.63, 3.8) is 0 Å². The van der Waals surface area contributed by atoms with Crippen molar-refractivity contribution in [3.05, 3.63) is 108 Å². The number of hydrogen-bond acceptors (Lipinski definition) is 4. The van der Waals surface area contributed by atoms with Gasteiger partial charge in [-0.15, -0.1) is 11.8 Å². The zero-order chi connectivity index (χ0) is 19.9. The normalized spacial score (nSPS) is 10.8. The molecule has 0 fully saturated rings. The molecule has 0 aliphatic rings. The van der Waals surface area contributed by atoms with Crippen molar-refractivity contribution in [3.8, 4) is 0 Å². The average molecular weight is 404 g/mol. The minimum atomic E-state index is -0.201. The molecule has 6 heteroatoms. The Morgan fingerprint density at radius 1 is 0.966 bits per heavy atom. The van der Waals surface area contributed by atoms with Gasteiger partial charge in [-0.3, -0.25) is 9.48 Å². The molecule has 4 aromatic rings. The van der Waals surface area contributed by atoms with Gasteiger partial charge in [0.1, 0.15) is 0 Å². The Balaban J connectivity index is 1.39. The number of rotatable bonds is 8. The molecular formula is C23H21N3O2S. The van der Waals surface area contributed by atoms with E-state index in [0.29, 0.717) is 24.6 Å². The molecule has 2 aromatic carbocycles. The molecule has 0 atom stereocenters. The van der Waals surface area contributed by atoms with Crippen molar-refractivity contribution in [2.45, 2.75) is 23.7 Å². The van der Waals surface area contributed by atoms with E-state index < -0.39 is 0 Å². The van der Waals surface area contributed by atoms with Crippen molar-refractivity contribution >= 4 is 17.7 Å². The lowest BCUT2D eigenvalue weighted by atomic mass is 10.1. The lowest BCUT2D eigenvalue weighted by Crippen LogP contribution is -2.24. The highest BCUT2D eigenvalue weighted by atomic mass is 32.2. The number of carbonyl (C=O) groups excluding carboxylic acids is 1. The first-order valence-corrected chi connectivity index (χ1v) is 10.3. The van der Waals surface area contributed by atoms with Gasteiger partial charge < -0.3 is 9.73 Å². The molecule has 0 radical (unpaired) electrons. The Bertz CT molecular complexity index is 1060. The fourth-order valence-electron chi connectivity index (χ4n) is 3.03. The van der Waals surface area contributed by atoms with E-state index in [9.17, 15) is 4.79 Å². The van der Waals surface area contributed by atoms with E-state index in [4.69, 9.17) is 4.42 Å². The van der Waals surface area contributed by atoms with Crippen molar-refractivity contribution in [2.24, 2.45) is 0 Å². The van der Waals surface area contributed by atoms with Crippen LogP contribution in [0, 0.1) is 0 Å². The van der Waals surface area contributed by atoms with Gasteiger partial charge in [0.2, 0.25) is 0 Å². The van der Waals surface area contributed by atoms with Gasteiger partial charge in [0.25, 0.3) is 5.91 Å². The largest absolute Gasteiger partial charge is 0.459 e. The van der Waals surface area contributed by atoms with Gasteiger partial charge in [-0.05, 0) is 35.4 Å². The van der Waals surface area contributed by atoms with Crippen LogP contribution in [0.15, 0.2) is 94.7 Å². The fraction of sp³-hybridized carbons (Fsp3) is 0.130. The predicted molar refractivity (Wildman–Crippen MR) is 114 cm³/mol. The molecule has 1 amide bonds. The number of aromatic nitrogens is 2. The summed E-state index contributed by atoms with van der Waals surface area (Å²) < 4.78 is 7.35. The Labute approximate surface area is 173 Å². The first-order valence-electron chi connectivity index (χ1n) is 9.36. The van der Waals surface area contributed by atoms with Crippen LogP contribution in [-0.4, -0.2) is 15.7 Å². The second-order valence-corrected chi connectivity index (χ2v) is 7.58. The molecule has 0 bridgehead atoms. The van der Waals surface area contributed by atoms with Gasteiger partial charge in [-0.1, -0.05) is 42.5 Å². The van der Waals surface area contributed by atoms with E-state index in [-0.39, 0.29) is 5.91 Å². The van der Waals surface area contributed by atoms with Crippen LogP contribution in [0.3, 0.4) is 0 Å². The maximum atomic E-state index is 12.7. The summed E-state index contributed by atoms with van der Waals surface area (Å²) in [5.41, 5.74) is 3.07. The minimum Gasteiger partial charge on any atom is -0.459 e. The van der Waals surface area contributed by atoms with Gasteiger partial charge in [-0.25, -0.2) is 0 Å². The van der Waals surface area contributed by atoms with Crippen LogP contribution in [0.1, 0.15) is 27.2 Å². The average Bonchev–Trinajstić information content (AvgIpc) is 3.44. The molecule has 1 N–H and O–H groups in total. The van der Waals surface area contributed by atoms with E-state index in [0.717, 1.165) is 21.6 Å². The Morgan fingerprint density at radius 3 is 2.55 bits per heavy atom. The molecule has 0 spiro atoms. The first-order chi connectivity index (χ1) is 14.3. The summed E-state index contributed by atoms with van der Waals surface area (Å²) in [6.45, 7) is 1.10. The van der Waals surface area contributed by atoms with Gasteiger partial charge in [0, 0.05) is 35.2 Å². The van der Waals surface area contributed by atoms with Crippen LogP contribution in [0.5, 0.6) is 0 Å². The van der Waals surface area contributed by atoms with Crippen LogP contribution in [0.25, 0.3) is 0 Å². The third-order valence-corrected chi connectivity index (χ3v) is 5.60. The topological polar surface area (TPSA) is 60.1 Å². The van der Waals surface area contributed by atoms with Crippen LogP contribution in [0.4, 0.5) is 0 Å². The number of nitrogens with zero attached hydrogens (tertiary/aromatic N) is 2. The van der Waals surface area contributed by atoms with Crippen LogP contribution < -0.4 is 5.32 Å². The second kappa shape index (κ2) is 9.30. The molecule has 29 heavy (non-hydrogen) atoms. The number of benzene rings is 2. The van der Waals surface area contributed by atoms with E-state index >= 15 is 0 Å². The number of nitrogens with one attached hydrogen (secondary N) is 1. The number of hydrogen-bond donors (Lipinski definition) is 1. The Hall–Kier alpha value is -3.25. The summed E-state index contributed by atoms with van der Waals surface area (Å²) in [4.78, 5) is 13.9. The third kappa shape index (κ3) is 4.97. The smallest absolute Gasteiger partial charge is 0.287 e. The molecule has 0 unspecified atom stereocenters. The molecule has 0 aliphatic heterocycles. The maximum absolute atomic E-state index is 12.7. The number of carbonyl (C=O) groups is 1. The molecule has 0 saturated carbocycles. The van der Waals surface area contributed by atoms with Gasteiger partial charge >= 0.3 is 0 Å². The van der Waals surface area contributed by atoms with Crippen LogP contribution in [0.2, 0.25) is 0 Å². The third-order valence-electron chi connectivity index (χ3n) is 4.54. The Kier molecular flexibility index (Phi) is 6.12. The number of thioether (sulfide) groups is 1. The highest BCUT2D eigenvalue weighted by molar-refractivity contribution is 7.98. The van der Waals surface area contributed by atoms with Crippen molar-refractivity contribution in [1.29, 1.82) is 0 Å². The summed E-state index contributed by atoms with van der Waals surface area (Å²) in [7, 11) is 0. The van der Waals surface area contributed by atoms with E-state index in [1.165, 1.54) is 0 Å². The lowest BCUT2D eigenvalue weighted by molar-refractivity contribution is 0.0922. The minimum absolute atomic E-state index is 0.201. The summed E-state index contributed by atoms with van der Waals surface area (Å²) in [6, 6.07) is 21.9. The van der Waals surface area contributed by atoms with Crippen molar-refractivity contribution in [1.82, 2.24) is 15.1 Å². The Morgan fingerprint density at radius 2 is 1.76 bits per heavy atom.